The lowest BCUT2D eigenvalue weighted by Gasteiger charge is -2.68. The summed E-state index contributed by atoms with van der Waals surface area (Å²) in [7, 11) is 0. The maximum atomic E-state index is 12.6. The molecule has 3 saturated heterocycles. The standard InChI is InChI=1S/C24H31NO6/c1-10-5-22-8-14-17-21(4)6-13(30-11(2)26)7-23(17)18(22)16(28)15(10)19(31-12(3)27)24(22,29)20(23)25(14)9-21/h13-20,28-29H,1,5-9H2,2-4H3/t13-,14-,15+,16+,17+,18+,19+,20-,21-,22?,23-,24-/m0/s1. The van der Waals surface area contributed by atoms with Gasteiger partial charge in [-0.05, 0) is 37.0 Å². The van der Waals surface area contributed by atoms with Crippen LogP contribution in [0.4, 0.5) is 0 Å². The van der Waals surface area contributed by atoms with Crippen LogP contribution in [-0.2, 0) is 19.1 Å². The third-order valence-corrected chi connectivity index (χ3v) is 10.9. The molecule has 168 valence electrons. The van der Waals surface area contributed by atoms with E-state index in [-0.39, 0.29) is 34.9 Å². The fourth-order valence-electron chi connectivity index (χ4n) is 11.3. The molecule has 7 heteroatoms. The first-order valence-corrected chi connectivity index (χ1v) is 11.7. The summed E-state index contributed by atoms with van der Waals surface area (Å²) in [4.78, 5) is 26.5. The van der Waals surface area contributed by atoms with Gasteiger partial charge in [-0.25, -0.2) is 0 Å². The quantitative estimate of drug-likeness (QED) is 0.500. The normalized spacial score (nSPS) is 63.5. The Bertz CT molecular complexity index is 966. The van der Waals surface area contributed by atoms with Gasteiger partial charge in [-0.3, -0.25) is 14.5 Å². The number of hydrogen-bond acceptors (Lipinski definition) is 7. The Labute approximate surface area is 181 Å². The van der Waals surface area contributed by atoms with Crippen LogP contribution >= 0.6 is 0 Å². The summed E-state index contributed by atoms with van der Waals surface area (Å²) < 4.78 is 11.6. The van der Waals surface area contributed by atoms with Gasteiger partial charge >= 0.3 is 11.9 Å². The molecule has 3 heterocycles. The van der Waals surface area contributed by atoms with Crippen LogP contribution < -0.4 is 0 Å². The molecule has 9 rings (SSSR count). The molecule has 3 aliphatic heterocycles. The molecule has 0 amide bonds. The molecule has 9 bridgehead atoms. The van der Waals surface area contributed by atoms with Gasteiger partial charge in [0.05, 0.1) is 6.10 Å². The van der Waals surface area contributed by atoms with Gasteiger partial charge < -0.3 is 19.7 Å². The second-order valence-electron chi connectivity index (χ2n) is 12.1. The number of ether oxygens (including phenoxy) is 2. The van der Waals surface area contributed by atoms with E-state index in [1.807, 2.05) is 0 Å². The van der Waals surface area contributed by atoms with E-state index in [0.717, 1.165) is 25.0 Å². The fraction of sp³-hybridized carbons (Fsp3) is 0.833. The Hall–Kier alpha value is -1.44. The van der Waals surface area contributed by atoms with Crippen molar-refractivity contribution in [3.63, 3.8) is 0 Å². The van der Waals surface area contributed by atoms with Gasteiger partial charge in [-0.2, -0.15) is 0 Å². The van der Waals surface area contributed by atoms with E-state index in [1.165, 1.54) is 13.8 Å². The average Bonchev–Trinajstić information content (AvgIpc) is 3.03. The first-order valence-electron chi connectivity index (χ1n) is 11.7. The Kier molecular flexibility index (Phi) is 3.10. The molecule has 6 saturated carbocycles. The highest BCUT2D eigenvalue weighted by Crippen LogP contribution is 2.88. The summed E-state index contributed by atoms with van der Waals surface area (Å²) in [6.07, 6.45) is 1.30. The lowest BCUT2D eigenvalue weighted by molar-refractivity contribution is -0.284. The van der Waals surface area contributed by atoms with Gasteiger partial charge in [0.25, 0.3) is 0 Å². The molecule has 13 atom stereocenters. The third-order valence-electron chi connectivity index (χ3n) is 10.9. The number of esters is 2. The van der Waals surface area contributed by atoms with Crippen molar-refractivity contribution in [1.29, 1.82) is 0 Å². The van der Waals surface area contributed by atoms with E-state index in [4.69, 9.17) is 9.47 Å². The maximum Gasteiger partial charge on any atom is 0.303 e. The molecule has 2 unspecified atom stereocenters. The molecule has 2 spiro atoms. The number of rotatable bonds is 2. The highest BCUT2D eigenvalue weighted by molar-refractivity contribution is 5.67. The number of nitrogens with zero attached hydrogens (tertiary/aromatic N) is 1. The molecule has 9 fully saturated rings. The van der Waals surface area contributed by atoms with Crippen LogP contribution in [0.25, 0.3) is 0 Å². The number of piperidine rings is 2. The molecule has 7 nitrogen and oxygen atoms in total. The van der Waals surface area contributed by atoms with Crippen molar-refractivity contribution in [3.05, 3.63) is 12.2 Å². The summed E-state index contributed by atoms with van der Waals surface area (Å²) in [5.41, 5.74) is -1.20. The van der Waals surface area contributed by atoms with E-state index < -0.39 is 35.1 Å². The summed E-state index contributed by atoms with van der Waals surface area (Å²) in [5.74, 6) is -0.896. The smallest absolute Gasteiger partial charge is 0.303 e. The predicted octanol–water partition coefficient (Wildman–Crippen LogP) is 1.02. The van der Waals surface area contributed by atoms with E-state index >= 15 is 0 Å². The highest BCUT2D eigenvalue weighted by Gasteiger charge is 2.95. The molecule has 31 heavy (non-hydrogen) atoms. The lowest BCUT2D eigenvalue weighted by Crippen LogP contribution is -2.77. The van der Waals surface area contributed by atoms with E-state index in [0.29, 0.717) is 24.8 Å². The zero-order valence-corrected chi connectivity index (χ0v) is 18.3. The van der Waals surface area contributed by atoms with Crippen molar-refractivity contribution in [2.24, 2.45) is 34.0 Å². The van der Waals surface area contributed by atoms with Crippen LogP contribution in [0.3, 0.4) is 0 Å². The van der Waals surface area contributed by atoms with Crippen molar-refractivity contribution < 1.29 is 29.3 Å². The molecule has 0 aromatic carbocycles. The molecule has 9 aliphatic rings. The second kappa shape index (κ2) is 5.05. The number of aliphatic hydroxyl groups excluding tert-OH is 1. The minimum atomic E-state index is -1.21. The Balaban J connectivity index is 1.47. The molecular weight excluding hydrogens is 398 g/mol. The van der Waals surface area contributed by atoms with Crippen molar-refractivity contribution in [1.82, 2.24) is 4.90 Å². The SMILES string of the molecule is C=C1CC23C[C@H]4[C@@H]5[C@@]6(C)C[C@H](OC(C)=O)C[C@@]57[C@@H]2[C@H](O)[C@@H]1[C@@H](OC(C)=O)[C@]3(O)[C@H]7N4C6. The maximum absolute atomic E-state index is 12.6. The van der Waals surface area contributed by atoms with E-state index in [1.54, 1.807) is 0 Å². The van der Waals surface area contributed by atoms with Crippen LogP contribution in [0.5, 0.6) is 0 Å². The number of hydrogen-bond donors (Lipinski definition) is 2. The molecular formula is C24H31NO6. The van der Waals surface area contributed by atoms with Crippen LogP contribution in [-0.4, -0.2) is 69.6 Å². The van der Waals surface area contributed by atoms with Gasteiger partial charge in [0.2, 0.25) is 0 Å². The van der Waals surface area contributed by atoms with E-state index in [9.17, 15) is 19.8 Å². The topological polar surface area (TPSA) is 96.3 Å². The van der Waals surface area contributed by atoms with E-state index in [2.05, 4.69) is 18.4 Å². The predicted molar refractivity (Wildman–Crippen MR) is 107 cm³/mol. The van der Waals surface area contributed by atoms with Crippen LogP contribution in [0, 0.1) is 34.0 Å². The van der Waals surface area contributed by atoms with Gasteiger partial charge in [0.1, 0.15) is 17.8 Å². The zero-order chi connectivity index (χ0) is 21.9. The lowest BCUT2D eigenvalue weighted by atomic mass is 9.39. The Morgan fingerprint density at radius 3 is 2.52 bits per heavy atom. The summed E-state index contributed by atoms with van der Waals surface area (Å²) >= 11 is 0. The molecule has 0 radical (unpaired) electrons. The molecule has 2 N–H and O–H groups in total. The van der Waals surface area contributed by atoms with Gasteiger partial charge in [-0.1, -0.05) is 19.1 Å². The second-order valence-corrected chi connectivity index (χ2v) is 12.1. The highest BCUT2D eigenvalue weighted by atomic mass is 16.6. The van der Waals surface area contributed by atoms with Gasteiger partial charge in [-0.15, -0.1) is 0 Å². The molecule has 0 aromatic rings. The van der Waals surface area contributed by atoms with Crippen molar-refractivity contribution in [2.75, 3.05) is 6.54 Å². The monoisotopic (exact) mass is 429 g/mol. The fourth-order valence-corrected chi connectivity index (χ4v) is 11.3. The minimum absolute atomic E-state index is 0.0120. The first kappa shape index (κ1) is 19.1. The molecule has 6 aliphatic carbocycles. The van der Waals surface area contributed by atoms with Crippen molar-refractivity contribution in [3.8, 4) is 0 Å². The first-order chi connectivity index (χ1) is 14.5. The number of fused-ring (bicyclic) bond motifs is 1. The minimum Gasteiger partial charge on any atom is -0.463 e. The van der Waals surface area contributed by atoms with Gasteiger partial charge in [0, 0.05) is 55.1 Å². The summed E-state index contributed by atoms with van der Waals surface area (Å²) in [6, 6.07) is 0.176. The van der Waals surface area contributed by atoms with Gasteiger partial charge in [0.15, 0.2) is 0 Å². The molecule has 0 aromatic heterocycles. The average molecular weight is 430 g/mol. The number of aliphatic hydroxyl groups is 2. The Morgan fingerprint density at radius 1 is 1.13 bits per heavy atom. The van der Waals surface area contributed by atoms with Crippen molar-refractivity contribution in [2.45, 2.75) is 82.5 Å². The number of carbonyl (C=O) groups excluding carboxylic acids is 2. The largest absolute Gasteiger partial charge is 0.463 e. The number of carbonyl (C=O) groups is 2. The summed E-state index contributed by atoms with van der Waals surface area (Å²) in [5, 5.41) is 24.4. The zero-order valence-electron chi connectivity index (χ0n) is 18.3. The third kappa shape index (κ3) is 1.65. The summed E-state index contributed by atoms with van der Waals surface area (Å²) in [6.45, 7) is 10.3. The van der Waals surface area contributed by atoms with Crippen LogP contribution in [0.1, 0.15) is 46.5 Å². The van der Waals surface area contributed by atoms with Crippen LogP contribution in [0.2, 0.25) is 0 Å². The van der Waals surface area contributed by atoms with Crippen LogP contribution in [0.15, 0.2) is 12.2 Å². The Morgan fingerprint density at radius 2 is 1.84 bits per heavy atom. The van der Waals surface area contributed by atoms with Crippen molar-refractivity contribution >= 4 is 11.9 Å².